The van der Waals surface area contributed by atoms with Crippen molar-refractivity contribution in [3.63, 3.8) is 0 Å². The van der Waals surface area contributed by atoms with E-state index in [2.05, 4.69) is 15.5 Å². The molecule has 2 atom stereocenters. The van der Waals surface area contributed by atoms with Crippen LogP contribution in [-0.2, 0) is 24.0 Å². The first-order valence-corrected chi connectivity index (χ1v) is 10.2. The van der Waals surface area contributed by atoms with Crippen molar-refractivity contribution in [2.75, 3.05) is 5.73 Å². The summed E-state index contributed by atoms with van der Waals surface area (Å²) in [6.45, 7) is 2.48. The zero-order chi connectivity index (χ0) is 23.1. The number of carbonyl (C=O) groups excluding carboxylic acids is 2. The summed E-state index contributed by atoms with van der Waals surface area (Å²) in [5.41, 5.74) is 3.21. The molecule has 1 saturated heterocycles. The summed E-state index contributed by atoms with van der Waals surface area (Å²) >= 11 is 6.97. The first-order valence-electron chi connectivity index (χ1n) is 8.91. The van der Waals surface area contributed by atoms with Crippen LogP contribution in [0.25, 0.3) is 0 Å². The van der Waals surface area contributed by atoms with E-state index in [1.54, 1.807) is 0 Å². The quantitative estimate of drug-likeness (QED) is 0.247. The van der Waals surface area contributed by atoms with Crippen molar-refractivity contribution in [1.29, 1.82) is 0 Å². The molecule has 0 aliphatic carbocycles. The fraction of sp³-hybridized carbons (Fsp3) is 0.412. The minimum atomic E-state index is -1.74. The molecule has 0 aromatic carbocycles. The average Bonchev–Trinajstić information content (AvgIpc) is 3.11. The Balaban J connectivity index is 1.83. The van der Waals surface area contributed by atoms with E-state index in [4.69, 9.17) is 22.2 Å². The molecule has 0 bridgehead atoms. The highest BCUT2D eigenvalue weighted by Crippen LogP contribution is 2.38. The van der Waals surface area contributed by atoms with Gasteiger partial charge in [-0.2, -0.15) is 0 Å². The number of nitrogens with zero attached hydrogens (tertiary/aromatic N) is 3. The second-order valence-corrected chi connectivity index (χ2v) is 8.59. The molecule has 2 aliphatic rings. The van der Waals surface area contributed by atoms with Crippen molar-refractivity contribution in [3.05, 3.63) is 21.8 Å². The zero-order valence-corrected chi connectivity index (χ0v) is 17.9. The SMILES string of the molecule is CC(C)(O/N=C(\C(=O)N[C@@H]1C(=O)N2C(C(=O)O)=C(Cl)CC[C@H]12)c1csc(N)n1)C(=O)O. The summed E-state index contributed by atoms with van der Waals surface area (Å²) in [5.74, 6) is -4.15. The van der Waals surface area contributed by atoms with Gasteiger partial charge in [0.15, 0.2) is 10.8 Å². The number of aromatic nitrogens is 1. The number of thiazole rings is 1. The van der Waals surface area contributed by atoms with E-state index >= 15 is 0 Å². The van der Waals surface area contributed by atoms with Crippen LogP contribution < -0.4 is 11.1 Å². The molecule has 0 unspecified atom stereocenters. The van der Waals surface area contributed by atoms with Gasteiger partial charge in [0, 0.05) is 10.4 Å². The topological polar surface area (TPSA) is 185 Å². The molecule has 3 rings (SSSR count). The van der Waals surface area contributed by atoms with Crippen molar-refractivity contribution < 1.29 is 34.2 Å². The van der Waals surface area contributed by atoms with E-state index < -0.39 is 41.4 Å². The van der Waals surface area contributed by atoms with Crippen LogP contribution in [0, 0.1) is 0 Å². The van der Waals surface area contributed by atoms with Crippen molar-refractivity contribution in [1.82, 2.24) is 15.2 Å². The largest absolute Gasteiger partial charge is 0.478 e. The molecule has 2 aliphatic heterocycles. The smallest absolute Gasteiger partial charge is 0.353 e. The number of carbonyl (C=O) groups is 4. The third-order valence-electron chi connectivity index (χ3n) is 4.73. The first-order chi connectivity index (χ1) is 14.4. The Bertz CT molecular complexity index is 1030. The maximum absolute atomic E-state index is 12.9. The Morgan fingerprint density at radius 2 is 2.10 bits per heavy atom. The highest BCUT2D eigenvalue weighted by atomic mass is 35.5. The Hall–Kier alpha value is -3.19. The van der Waals surface area contributed by atoms with Crippen LogP contribution in [0.1, 0.15) is 32.4 Å². The molecule has 5 N–H and O–H groups in total. The normalized spacial score (nSPS) is 21.3. The number of hydrogen-bond acceptors (Lipinski definition) is 9. The van der Waals surface area contributed by atoms with Gasteiger partial charge in [0.05, 0.1) is 6.04 Å². The van der Waals surface area contributed by atoms with Crippen LogP contribution in [0.4, 0.5) is 5.13 Å². The molecule has 0 radical (unpaired) electrons. The number of carboxylic acids is 2. The third kappa shape index (κ3) is 4.18. The molecular weight excluding hydrogens is 454 g/mol. The summed E-state index contributed by atoms with van der Waals surface area (Å²) in [4.78, 5) is 58.1. The minimum Gasteiger partial charge on any atom is -0.478 e. The zero-order valence-electron chi connectivity index (χ0n) is 16.3. The first kappa shape index (κ1) is 22.5. The summed E-state index contributed by atoms with van der Waals surface area (Å²) in [7, 11) is 0. The number of halogens is 1. The third-order valence-corrected chi connectivity index (χ3v) is 5.77. The lowest BCUT2D eigenvalue weighted by Crippen LogP contribution is -2.72. The number of hydrogen-bond donors (Lipinski definition) is 4. The predicted octanol–water partition coefficient (Wildman–Crippen LogP) is 0.334. The van der Waals surface area contributed by atoms with Crippen LogP contribution in [0.5, 0.6) is 0 Å². The number of nitrogens with two attached hydrogens (primary N) is 1. The molecule has 3 heterocycles. The van der Waals surface area contributed by atoms with E-state index in [9.17, 15) is 29.4 Å². The van der Waals surface area contributed by atoms with Gasteiger partial charge < -0.3 is 26.1 Å². The highest BCUT2D eigenvalue weighted by Gasteiger charge is 2.53. The number of nitrogen functional groups attached to an aromatic ring is 1. The number of β-lactam (4-membered cyclic amide) rings is 1. The van der Waals surface area contributed by atoms with Gasteiger partial charge in [-0.1, -0.05) is 16.8 Å². The van der Waals surface area contributed by atoms with E-state index in [1.165, 1.54) is 19.2 Å². The van der Waals surface area contributed by atoms with Gasteiger partial charge in [0.2, 0.25) is 5.60 Å². The number of rotatable bonds is 7. The number of carboxylic acid groups (broad SMARTS) is 2. The van der Waals surface area contributed by atoms with Crippen molar-refractivity contribution >= 4 is 57.5 Å². The molecule has 2 amide bonds. The molecule has 0 spiro atoms. The number of amides is 2. The van der Waals surface area contributed by atoms with Gasteiger partial charge >= 0.3 is 11.9 Å². The van der Waals surface area contributed by atoms with Crippen LogP contribution in [-0.4, -0.2) is 67.2 Å². The average molecular weight is 472 g/mol. The molecule has 166 valence electrons. The van der Waals surface area contributed by atoms with Crippen LogP contribution in [0.15, 0.2) is 21.3 Å². The van der Waals surface area contributed by atoms with Crippen molar-refractivity contribution in [2.45, 2.75) is 44.4 Å². The van der Waals surface area contributed by atoms with Crippen LogP contribution in [0.2, 0.25) is 0 Å². The number of nitrogens with one attached hydrogen (secondary N) is 1. The van der Waals surface area contributed by atoms with E-state index in [1.807, 2.05) is 0 Å². The molecule has 14 heteroatoms. The van der Waals surface area contributed by atoms with Gasteiger partial charge in [-0.05, 0) is 26.7 Å². The lowest BCUT2D eigenvalue weighted by Gasteiger charge is -2.49. The Labute approximate surface area is 184 Å². The molecule has 0 saturated carbocycles. The number of oxime groups is 1. The van der Waals surface area contributed by atoms with E-state index in [0.717, 1.165) is 16.2 Å². The van der Waals surface area contributed by atoms with Crippen LogP contribution >= 0.6 is 22.9 Å². The number of aliphatic carboxylic acids is 2. The summed E-state index contributed by atoms with van der Waals surface area (Å²) in [5, 5.41) is 26.3. The van der Waals surface area contributed by atoms with Gasteiger partial charge in [-0.15, -0.1) is 11.3 Å². The Kier molecular flexibility index (Phi) is 5.91. The molecular formula is C17H18ClN5O7S. The van der Waals surface area contributed by atoms with E-state index in [0.29, 0.717) is 6.42 Å². The van der Waals surface area contributed by atoms with Gasteiger partial charge in [0.1, 0.15) is 17.4 Å². The Morgan fingerprint density at radius 1 is 1.42 bits per heavy atom. The maximum atomic E-state index is 12.9. The monoisotopic (exact) mass is 471 g/mol. The lowest BCUT2D eigenvalue weighted by molar-refractivity contribution is -0.161. The molecule has 1 aromatic rings. The van der Waals surface area contributed by atoms with E-state index in [-0.39, 0.29) is 33.7 Å². The number of fused-ring (bicyclic) bond motifs is 1. The summed E-state index contributed by atoms with van der Waals surface area (Å²) in [6.07, 6.45) is 0.592. The second-order valence-electron chi connectivity index (χ2n) is 7.24. The lowest BCUT2D eigenvalue weighted by atomic mass is 9.86. The molecule has 31 heavy (non-hydrogen) atoms. The standard InChI is InChI=1S/C17H18ClN5O7S/c1-17(2,15(28)29)30-22-9(7-5-31-16(19)20-7)12(24)21-10-8-4-3-6(18)11(14(26)27)23(8)13(10)25/h5,8,10H,3-4H2,1-2H3,(H2,19,20)(H,21,24)(H,26,27)(H,28,29)/b22-9-/t8-,10+/m1/s1. The van der Waals surface area contributed by atoms with Crippen molar-refractivity contribution in [2.24, 2.45) is 5.16 Å². The maximum Gasteiger partial charge on any atom is 0.353 e. The van der Waals surface area contributed by atoms with Gasteiger partial charge in [-0.3, -0.25) is 14.5 Å². The summed E-state index contributed by atoms with van der Waals surface area (Å²) in [6, 6.07) is -1.61. The number of anilines is 1. The minimum absolute atomic E-state index is 0.0302. The van der Waals surface area contributed by atoms with Crippen LogP contribution in [0.3, 0.4) is 0 Å². The summed E-state index contributed by atoms with van der Waals surface area (Å²) < 4.78 is 0. The fourth-order valence-electron chi connectivity index (χ4n) is 3.03. The Morgan fingerprint density at radius 3 is 2.65 bits per heavy atom. The molecule has 1 fully saturated rings. The predicted molar refractivity (Wildman–Crippen MR) is 108 cm³/mol. The van der Waals surface area contributed by atoms with Gasteiger partial charge in [-0.25, -0.2) is 14.6 Å². The van der Waals surface area contributed by atoms with Gasteiger partial charge in [0.25, 0.3) is 11.8 Å². The molecule has 12 nitrogen and oxygen atoms in total. The number of allylic oxidation sites excluding steroid dienone is 1. The highest BCUT2D eigenvalue weighted by molar-refractivity contribution is 7.13. The van der Waals surface area contributed by atoms with Crippen molar-refractivity contribution in [3.8, 4) is 0 Å². The molecule has 1 aromatic heterocycles. The fourth-order valence-corrected chi connectivity index (χ4v) is 3.86. The second kappa shape index (κ2) is 8.15.